The summed E-state index contributed by atoms with van der Waals surface area (Å²) in [6.45, 7) is 6.85. The van der Waals surface area contributed by atoms with Crippen molar-refractivity contribution in [2.24, 2.45) is 0 Å². The molecule has 1 N–H and O–H groups in total. The van der Waals surface area contributed by atoms with E-state index in [0.717, 1.165) is 11.1 Å². The highest BCUT2D eigenvalue weighted by Crippen LogP contribution is 2.32. The van der Waals surface area contributed by atoms with Crippen molar-refractivity contribution in [3.05, 3.63) is 68.5 Å². The maximum Gasteiger partial charge on any atom is 0.344 e. The van der Waals surface area contributed by atoms with Gasteiger partial charge in [-0.2, -0.15) is 0 Å². The third-order valence-corrected chi connectivity index (χ3v) is 5.21. The van der Waals surface area contributed by atoms with Crippen LogP contribution in [0.1, 0.15) is 43.4 Å². The highest BCUT2D eigenvalue weighted by molar-refractivity contribution is 6.31. The van der Waals surface area contributed by atoms with Crippen molar-refractivity contribution in [3.8, 4) is 5.75 Å². The summed E-state index contributed by atoms with van der Waals surface area (Å²) in [7, 11) is 0. The number of rotatable bonds is 7. The third-order valence-electron chi connectivity index (χ3n) is 4.80. The van der Waals surface area contributed by atoms with Crippen LogP contribution < -0.4 is 15.7 Å². The van der Waals surface area contributed by atoms with Gasteiger partial charge in [-0.25, -0.2) is 9.59 Å². The number of carbonyl (C=O) groups is 2. The van der Waals surface area contributed by atoms with Gasteiger partial charge >= 0.3 is 11.6 Å². The number of carbonyl (C=O) groups excluding carboxylic acids is 2. The van der Waals surface area contributed by atoms with Crippen molar-refractivity contribution in [1.82, 2.24) is 0 Å². The molecule has 0 aliphatic heterocycles. The minimum atomic E-state index is -0.585. The van der Waals surface area contributed by atoms with Crippen LogP contribution >= 0.6 is 11.6 Å². The van der Waals surface area contributed by atoms with E-state index in [2.05, 4.69) is 5.32 Å². The first-order valence-corrected chi connectivity index (χ1v) is 10.4. The Balaban J connectivity index is 1.71. The van der Waals surface area contributed by atoms with E-state index in [-0.39, 0.29) is 30.6 Å². The minimum Gasteiger partial charge on any atom is -0.482 e. The van der Waals surface area contributed by atoms with E-state index in [0.29, 0.717) is 27.4 Å². The van der Waals surface area contributed by atoms with Gasteiger partial charge in [0.1, 0.15) is 17.9 Å². The fourth-order valence-electron chi connectivity index (χ4n) is 3.21. The molecule has 3 rings (SSSR count). The summed E-state index contributed by atoms with van der Waals surface area (Å²) in [5.74, 6) is -0.0802. The molecule has 0 saturated carbocycles. The van der Waals surface area contributed by atoms with Gasteiger partial charge < -0.3 is 19.2 Å². The lowest BCUT2D eigenvalue weighted by Crippen LogP contribution is -2.16. The van der Waals surface area contributed by atoms with Crippen LogP contribution in [0.25, 0.3) is 11.0 Å². The van der Waals surface area contributed by atoms with Gasteiger partial charge in [0.25, 0.3) is 0 Å². The standard InChI is InChI=1S/C24H24ClNO6/c1-13(2)19-10-20(25)14(3)7-21(19)30-12-24(29)31-11-16-8-23(28)32-22-9-17(26-15(4)27)5-6-18(16)22/h5-10,13H,11-12H2,1-4H3,(H,26,27). The lowest BCUT2D eigenvalue weighted by Gasteiger charge is -2.15. The Bertz CT molecular complexity index is 1230. The Hall–Kier alpha value is -3.32. The van der Waals surface area contributed by atoms with Crippen LogP contribution in [0.2, 0.25) is 5.02 Å². The van der Waals surface area contributed by atoms with E-state index in [1.807, 2.05) is 26.8 Å². The number of ether oxygens (including phenoxy) is 2. The quantitative estimate of drug-likeness (QED) is 0.398. The number of benzene rings is 2. The topological polar surface area (TPSA) is 94.8 Å². The fraction of sp³-hybridized carbons (Fsp3) is 0.292. The number of esters is 1. The molecular formula is C24H24ClNO6. The molecule has 2 aromatic carbocycles. The van der Waals surface area contributed by atoms with Crippen LogP contribution in [0.4, 0.5) is 5.69 Å². The molecule has 0 aliphatic carbocycles. The summed E-state index contributed by atoms with van der Waals surface area (Å²) < 4.78 is 16.2. The van der Waals surface area contributed by atoms with E-state index < -0.39 is 11.6 Å². The molecule has 0 spiro atoms. The summed E-state index contributed by atoms with van der Waals surface area (Å²) in [5.41, 5.74) is 2.43. The smallest absolute Gasteiger partial charge is 0.344 e. The molecular weight excluding hydrogens is 434 g/mol. The van der Waals surface area contributed by atoms with E-state index in [1.54, 1.807) is 24.3 Å². The molecule has 0 saturated heterocycles. The minimum absolute atomic E-state index is 0.125. The van der Waals surface area contributed by atoms with Crippen molar-refractivity contribution in [1.29, 1.82) is 0 Å². The largest absolute Gasteiger partial charge is 0.482 e. The zero-order chi connectivity index (χ0) is 23.4. The molecule has 168 valence electrons. The van der Waals surface area contributed by atoms with Crippen molar-refractivity contribution in [3.63, 3.8) is 0 Å². The monoisotopic (exact) mass is 457 g/mol. The number of amides is 1. The number of hydrogen-bond donors (Lipinski definition) is 1. The summed E-state index contributed by atoms with van der Waals surface area (Å²) >= 11 is 6.20. The van der Waals surface area contributed by atoms with Crippen molar-refractivity contribution < 1.29 is 23.5 Å². The van der Waals surface area contributed by atoms with Crippen LogP contribution in [0.5, 0.6) is 5.75 Å². The van der Waals surface area contributed by atoms with Gasteiger partial charge in [0.05, 0.1) is 0 Å². The van der Waals surface area contributed by atoms with Gasteiger partial charge in [0, 0.05) is 40.7 Å². The number of anilines is 1. The number of fused-ring (bicyclic) bond motifs is 1. The maximum absolute atomic E-state index is 12.3. The molecule has 0 fully saturated rings. The average Bonchev–Trinajstić information content (AvgIpc) is 2.71. The zero-order valence-electron chi connectivity index (χ0n) is 18.3. The Morgan fingerprint density at radius 3 is 2.59 bits per heavy atom. The Labute approximate surface area is 190 Å². The molecule has 32 heavy (non-hydrogen) atoms. The average molecular weight is 458 g/mol. The Kier molecular flexibility index (Phi) is 7.20. The normalized spacial score (nSPS) is 10.9. The van der Waals surface area contributed by atoms with E-state index in [4.69, 9.17) is 25.5 Å². The van der Waals surface area contributed by atoms with Crippen LogP contribution in [0, 0.1) is 6.92 Å². The molecule has 0 atom stereocenters. The highest BCUT2D eigenvalue weighted by Gasteiger charge is 2.14. The highest BCUT2D eigenvalue weighted by atomic mass is 35.5. The van der Waals surface area contributed by atoms with Crippen LogP contribution in [0.3, 0.4) is 0 Å². The Morgan fingerprint density at radius 1 is 1.16 bits per heavy atom. The van der Waals surface area contributed by atoms with Crippen molar-refractivity contribution in [2.75, 3.05) is 11.9 Å². The van der Waals surface area contributed by atoms with Crippen LogP contribution in [-0.4, -0.2) is 18.5 Å². The second kappa shape index (κ2) is 9.87. The molecule has 1 aromatic heterocycles. The molecule has 8 heteroatoms. The Morgan fingerprint density at radius 2 is 1.91 bits per heavy atom. The molecule has 0 radical (unpaired) electrons. The number of hydrogen-bond acceptors (Lipinski definition) is 6. The van der Waals surface area contributed by atoms with Gasteiger partial charge in [0.2, 0.25) is 5.91 Å². The lowest BCUT2D eigenvalue weighted by molar-refractivity contribution is -0.147. The molecule has 0 aliphatic rings. The second-order valence-electron chi connectivity index (χ2n) is 7.73. The summed E-state index contributed by atoms with van der Waals surface area (Å²) in [4.78, 5) is 35.5. The molecule has 7 nitrogen and oxygen atoms in total. The number of nitrogens with one attached hydrogen (secondary N) is 1. The van der Waals surface area contributed by atoms with Gasteiger partial charge in [-0.15, -0.1) is 0 Å². The van der Waals surface area contributed by atoms with Crippen LogP contribution in [-0.2, 0) is 20.9 Å². The first-order chi connectivity index (χ1) is 15.1. The van der Waals surface area contributed by atoms with Gasteiger partial charge in [0.15, 0.2) is 6.61 Å². The summed E-state index contributed by atoms with van der Waals surface area (Å²) in [6, 6.07) is 9.82. The molecule has 1 amide bonds. The van der Waals surface area contributed by atoms with E-state index >= 15 is 0 Å². The number of aryl methyl sites for hydroxylation is 1. The molecule has 1 heterocycles. The molecule has 3 aromatic rings. The maximum atomic E-state index is 12.3. The molecule has 0 unspecified atom stereocenters. The first kappa shape index (κ1) is 23.3. The SMILES string of the molecule is CC(=O)Nc1ccc2c(COC(=O)COc3cc(C)c(Cl)cc3C(C)C)cc(=O)oc2c1. The van der Waals surface area contributed by atoms with Crippen molar-refractivity contribution in [2.45, 2.75) is 40.2 Å². The van der Waals surface area contributed by atoms with E-state index in [1.165, 1.54) is 13.0 Å². The van der Waals surface area contributed by atoms with Gasteiger partial charge in [-0.1, -0.05) is 25.4 Å². The summed E-state index contributed by atoms with van der Waals surface area (Å²) in [5, 5.41) is 3.87. The predicted octanol–water partition coefficient (Wildman–Crippen LogP) is 4.96. The molecule has 0 bridgehead atoms. The fourth-order valence-corrected chi connectivity index (χ4v) is 3.39. The van der Waals surface area contributed by atoms with E-state index in [9.17, 15) is 14.4 Å². The van der Waals surface area contributed by atoms with Crippen LogP contribution in [0.15, 0.2) is 45.6 Å². The zero-order valence-corrected chi connectivity index (χ0v) is 19.0. The second-order valence-corrected chi connectivity index (χ2v) is 8.13. The first-order valence-electron chi connectivity index (χ1n) is 10.1. The van der Waals surface area contributed by atoms with Crippen molar-refractivity contribution >= 4 is 40.1 Å². The predicted molar refractivity (Wildman–Crippen MR) is 122 cm³/mol. The van der Waals surface area contributed by atoms with Gasteiger partial charge in [-0.05, 0) is 48.2 Å². The lowest BCUT2D eigenvalue weighted by atomic mass is 10.0. The summed E-state index contributed by atoms with van der Waals surface area (Å²) in [6.07, 6.45) is 0. The van der Waals surface area contributed by atoms with Gasteiger partial charge in [-0.3, -0.25) is 4.79 Å². The third kappa shape index (κ3) is 5.68. The number of halogens is 1.